The fraction of sp³-hybridized carbons (Fsp3) is 0.600. The third-order valence-electron chi connectivity index (χ3n) is 2.96. The van der Waals surface area contributed by atoms with Crippen LogP contribution in [0.1, 0.15) is 25.3 Å². The molecule has 1 rings (SSSR count). The number of hydrogen-bond acceptors (Lipinski definition) is 4. The Morgan fingerprint density at radius 3 is 2.79 bits per heavy atom. The summed E-state index contributed by atoms with van der Waals surface area (Å²) in [5.74, 6) is 0. The van der Waals surface area contributed by atoms with Gasteiger partial charge in [0.25, 0.3) is 0 Å². The first-order valence-corrected chi connectivity index (χ1v) is 6.93. The predicted octanol–water partition coefficient (Wildman–Crippen LogP) is 2.39. The molecule has 0 saturated heterocycles. The Hall–Kier alpha value is -1.10. The van der Waals surface area contributed by atoms with E-state index in [-0.39, 0.29) is 6.04 Å². The molecule has 0 bridgehead atoms. The summed E-state index contributed by atoms with van der Waals surface area (Å²) in [7, 11) is 1.73. The fourth-order valence-electron chi connectivity index (χ4n) is 1.98. The van der Waals surface area contributed by atoms with E-state index in [9.17, 15) is 0 Å². The summed E-state index contributed by atoms with van der Waals surface area (Å²) in [5, 5.41) is 3.53. The van der Waals surface area contributed by atoms with Crippen LogP contribution in [0.2, 0.25) is 0 Å². The molecule has 19 heavy (non-hydrogen) atoms. The van der Waals surface area contributed by atoms with Gasteiger partial charge in [-0.2, -0.15) is 0 Å². The molecular formula is C15H26N2O2. The molecular weight excluding hydrogens is 240 g/mol. The smallest absolute Gasteiger partial charge is 0.0736 e. The van der Waals surface area contributed by atoms with Gasteiger partial charge in [-0.3, -0.25) is 0 Å². The van der Waals surface area contributed by atoms with Crippen molar-refractivity contribution in [2.75, 3.05) is 32.2 Å². The van der Waals surface area contributed by atoms with Gasteiger partial charge in [-0.1, -0.05) is 18.2 Å². The minimum Gasteiger partial charge on any atom is -0.383 e. The van der Waals surface area contributed by atoms with E-state index in [1.807, 2.05) is 19.1 Å². The molecule has 0 aromatic heterocycles. The van der Waals surface area contributed by atoms with Gasteiger partial charge in [0.1, 0.15) is 0 Å². The molecule has 0 aliphatic heterocycles. The standard InChI is InChI=1S/C15H26N2O2/c1-3-19-11-13-7-4-5-9-15(13)17-14(12-18-2)8-6-10-16/h4-5,7,9,14,17H,3,6,8,10-12,16H2,1-2H3. The summed E-state index contributed by atoms with van der Waals surface area (Å²) in [6.45, 7) is 4.76. The minimum absolute atomic E-state index is 0.288. The number of ether oxygens (including phenoxy) is 2. The molecule has 0 spiro atoms. The maximum Gasteiger partial charge on any atom is 0.0736 e. The van der Waals surface area contributed by atoms with Crippen molar-refractivity contribution in [1.82, 2.24) is 0 Å². The molecule has 4 nitrogen and oxygen atoms in total. The van der Waals surface area contributed by atoms with Crippen molar-refractivity contribution in [2.45, 2.75) is 32.4 Å². The highest BCUT2D eigenvalue weighted by Gasteiger charge is 2.10. The lowest BCUT2D eigenvalue weighted by atomic mass is 10.1. The molecule has 0 radical (unpaired) electrons. The maximum atomic E-state index is 5.57. The number of anilines is 1. The molecule has 0 heterocycles. The molecule has 4 heteroatoms. The van der Waals surface area contributed by atoms with Crippen LogP contribution in [0.4, 0.5) is 5.69 Å². The second kappa shape index (κ2) is 9.78. The van der Waals surface area contributed by atoms with Gasteiger partial charge >= 0.3 is 0 Å². The highest BCUT2D eigenvalue weighted by atomic mass is 16.5. The van der Waals surface area contributed by atoms with Crippen molar-refractivity contribution >= 4 is 5.69 Å². The van der Waals surface area contributed by atoms with Crippen LogP contribution in [-0.2, 0) is 16.1 Å². The van der Waals surface area contributed by atoms with Crippen LogP contribution in [0.15, 0.2) is 24.3 Å². The molecule has 3 N–H and O–H groups in total. The zero-order valence-corrected chi connectivity index (χ0v) is 12.0. The lowest BCUT2D eigenvalue weighted by Crippen LogP contribution is -2.26. The predicted molar refractivity (Wildman–Crippen MR) is 79.3 cm³/mol. The van der Waals surface area contributed by atoms with Gasteiger partial charge in [-0.15, -0.1) is 0 Å². The van der Waals surface area contributed by atoms with E-state index in [1.165, 1.54) is 5.56 Å². The van der Waals surface area contributed by atoms with Crippen LogP contribution in [0.5, 0.6) is 0 Å². The van der Waals surface area contributed by atoms with Crippen molar-refractivity contribution < 1.29 is 9.47 Å². The van der Waals surface area contributed by atoms with Gasteiger partial charge in [0.15, 0.2) is 0 Å². The first-order valence-electron chi connectivity index (χ1n) is 6.93. The van der Waals surface area contributed by atoms with Crippen LogP contribution in [0, 0.1) is 0 Å². The van der Waals surface area contributed by atoms with Crippen molar-refractivity contribution in [3.05, 3.63) is 29.8 Å². The van der Waals surface area contributed by atoms with Crippen LogP contribution < -0.4 is 11.1 Å². The third-order valence-corrected chi connectivity index (χ3v) is 2.96. The summed E-state index contributed by atoms with van der Waals surface area (Å²) in [6, 6.07) is 8.52. The number of rotatable bonds is 10. The number of benzene rings is 1. The Bertz CT molecular complexity index is 345. The quantitative estimate of drug-likeness (QED) is 0.683. The molecule has 108 valence electrons. The van der Waals surface area contributed by atoms with E-state index in [0.717, 1.165) is 25.1 Å². The first kappa shape index (κ1) is 16.0. The Morgan fingerprint density at radius 2 is 2.11 bits per heavy atom. The zero-order chi connectivity index (χ0) is 13.9. The summed E-state index contributed by atoms with van der Waals surface area (Å²) in [6.07, 6.45) is 2.00. The molecule has 1 unspecified atom stereocenters. The first-order chi connectivity index (χ1) is 9.31. The second-order valence-corrected chi connectivity index (χ2v) is 4.52. The third kappa shape index (κ3) is 6.05. The van der Waals surface area contributed by atoms with E-state index in [1.54, 1.807) is 7.11 Å². The lowest BCUT2D eigenvalue weighted by Gasteiger charge is -2.21. The molecule has 0 fully saturated rings. The van der Waals surface area contributed by atoms with Gasteiger partial charge in [-0.25, -0.2) is 0 Å². The van der Waals surface area contributed by atoms with Gasteiger partial charge in [0.2, 0.25) is 0 Å². The maximum absolute atomic E-state index is 5.57. The van der Waals surface area contributed by atoms with Gasteiger partial charge in [0, 0.05) is 31.0 Å². The molecule has 1 atom stereocenters. The van der Waals surface area contributed by atoms with Crippen molar-refractivity contribution in [3.63, 3.8) is 0 Å². The monoisotopic (exact) mass is 266 g/mol. The molecule has 0 aliphatic rings. The van der Waals surface area contributed by atoms with E-state index in [4.69, 9.17) is 15.2 Å². The van der Waals surface area contributed by atoms with Gasteiger partial charge in [-0.05, 0) is 32.4 Å². The Labute approximate surface area is 116 Å². The van der Waals surface area contributed by atoms with Crippen LogP contribution in [0.25, 0.3) is 0 Å². The molecule has 0 amide bonds. The SMILES string of the molecule is CCOCc1ccccc1NC(CCCN)COC. The Balaban J connectivity index is 2.65. The average Bonchev–Trinajstić information content (AvgIpc) is 2.44. The van der Waals surface area contributed by atoms with E-state index >= 15 is 0 Å². The van der Waals surface area contributed by atoms with Crippen LogP contribution >= 0.6 is 0 Å². The van der Waals surface area contributed by atoms with Crippen molar-refractivity contribution in [3.8, 4) is 0 Å². The van der Waals surface area contributed by atoms with Crippen LogP contribution in [-0.4, -0.2) is 32.9 Å². The normalized spacial score (nSPS) is 12.4. The number of hydrogen-bond donors (Lipinski definition) is 2. The Morgan fingerprint density at radius 1 is 1.32 bits per heavy atom. The van der Waals surface area contributed by atoms with Crippen molar-refractivity contribution in [2.24, 2.45) is 5.73 Å². The van der Waals surface area contributed by atoms with Crippen molar-refractivity contribution in [1.29, 1.82) is 0 Å². The second-order valence-electron chi connectivity index (χ2n) is 4.52. The summed E-state index contributed by atoms with van der Waals surface area (Å²) >= 11 is 0. The van der Waals surface area contributed by atoms with Crippen LogP contribution in [0.3, 0.4) is 0 Å². The van der Waals surface area contributed by atoms with E-state index in [2.05, 4.69) is 17.4 Å². The lowest BCUT2D eigenvalue weighted by molar-refractivity contribution is 0.134. The largest absolute Gasteiger partial charge is 0.383 e. The summed E-state index contributed by atoms with van der Waals surface area (Å²) < 4.78 is 10.8. The molecule has 0 aliphatic carbocycles. The van der Waals surface area contributed by atoms with E-state index < -0.39 is 0 Å². The molecule has 1 aromatic rings. The topological polar surface area (TPSA) is 56.5 Å². The zero-order valence-electron chi connectivity index (χ0n) is 12.0. The molecule has 1 aromatic carbocycles. The van der Waals surface area contributed by atoms with E-state index in [0.29, 0.717) is 19.8 Å². The number of para-hydroxylation sites is 1. The summed E-state index contributed by atoms with van der Waals surface area (Å²) in [4.78, 5) is 0. The average molecular weight is 266 g/mol. The highest BCUT2D eigenvalue weighted by molar-refractivity contribution is 5.51. The number of nitrogens with one attached hydrogen (secondary N) is 1. The van der Waals surface area contributed by atoms with Gasteiger partial charge < -0.3 is 20.5 Å². The van der Waals surface area contributed by atoms with Gasteiger partial charge in [0.05, 0.1) is 13.2 Å². The summed E-state index contributed by atoms with van der Waals surface area (Å²) in [5.41, 5.74) is 7.87. The fourth-order valence-corrected chi connectivity index (χ4v) is 1.98. The minimum atomic E-state index is 0.288. The highest BCUT2D eigenvalue weighted by Crippen LogP contribution is 2.18. The molecule has 0 saturated carbocycles. The number of nitrogens with two attached hydrogens (primary N) is 1. The Kier molecular flexibility index (Phi) is 8.21. The number of methoxy groups -OCH3 is 1.